The van der Waals surface area contributed by atoms with Gasteiger partial charge in [0.1, 0.15) is 23.5 Å². The summed E-state index contributed by atoms with van der Waals surface area (Å²) in [6.07, 6.45) is 3.74. The van der Waals surface area contributed by atoms with Crippen LogP contribution in [0.2, 0.25) is 0 Å². The van der Waals surface area contributed by atoms with Crippen molar-refractivity contribution in [2.75, 3.05) is 5.75 Å². The lowest BCUT2D eigenvalue weighted by molar-refractivity contribution is -0.121. The van der Waals surface area contributed by atoms with E-state index in [9.17, 15) is 13.6 Å². The van der Waals surface area contributed by atoms with Crippen molar-refractivity contribution < 1.29 is 13.6 Å². The van der Waals surface area contributed by atoms with Gasteiger partial charge >= 0.3 is 0 Å². The maximum Gasteiger partial charge on any atom is 0.221 e. The van der Waals surface area contributed by atoms with Crippen molar-refractivity contribution in [3.05, 3.63) is 83.9 Å². The maximum absolute atomic E-state index is 13.3. The van der Waals surface area contributed by atoms with Crippen LogP contribution in [-0.4, -0.2) is 21.2 Å². The van der Waals surface area contributed by atoms with Gasteiger partial charge in [-0.05, 0) is 42.0 Å². The second kappa shape index (κ2) is 8.81. The molecule has 3 aromatic rings. The van der Waals surface area contributed by atoms with Crippen molar-refractivity contribution in [3.8, 4) is 0 Å². The summed E-state index contributed by atoms with van der Waals surface area (Å²) in [6.45, 7) is 0. The van der Waals surface area contributed by atoms with Crippen LogP contribution >= 0.6 is 11.8 Å². The molecule has 1 heterocycles. The van der Waals surface area contributed by atoms with E-state index in [-0.39, 0.29) is 17.5 Å². The smallest absolute Gasteiger partial charge is 0.221 e. The lowest BCUT2D eigenvalue weighted by Gasteiger charge is -2.19. The third-order valence-corrected chi connectivity index (χ3v) is 5.05. The van der Waals surface area contributed by atoms with Crippen molar-refractivity contribution in [3.63, 3.8) is 0 Å². The number of rotatable bonds is 7. The Labute approximate surface area is 160 Å². The van der Waals surface area contributed by atoms with E-state index >= 15 is 0 Å². The molecule has 0 fully saturated rings. The minimum atomic E-state index is -0.464. The molecule has 0 aliphatic rings. The number of carbonyl (C=O) groups excluding carboxylic acids is 1. The molecular formula is C20H19F2N3OS. The zero-order valence-electron chi connectivity index (χ0n) is 14.7. The number of nitrogens with one attached hydrogen (secondary N) is 1. The van der Waals surface area contributed by atoms with Crippen molar-refractivity contribution >= 4 is 17.7 Å². The van der Waals surface area contributed by atoms with Gasteiger partial charge in [0.05, 0.1) is 0 Å². The highest BCUT2D eigenvalue weighted by Crippen LogP contribution is 2.22. The molecule has 0 spiro atoms. The van der Waals surface area contributed by atoms with Crippen LogP contribution in [-0.2, 0) is 11.8 Å². The van der Waals surface area contributed by atoms with Gasteiger partial charge < -0.3 is 9.88 Å². The Balaban J connectivity index is 1.64. The summed E-state index contributed by atoms with van der Waals surface area (Å²) in [7, 11) is 1.84. The van der Waals surface area contributed by atoms with E-state index in [1.54, 1.807) is 36.7 Å². The molecule has 1 N–H and O–H groups in total. The van der Waals surface area contributed by atoms with E-state index in [2.05, 4.69) is 10.3 Å². The molecule has 140 valence electrons. The van der Waals surface area contributed by atoms with E-state index in [1.165, 1.54) is 36.0 Å². The number of nitrogens with zero attached hydrogens (tertiary/aromatic N) is 2. The highest BCUT2D eigenvalue weighted by molar-refractivity contribution is 7.99. The van der Waals surface area contributed by atoms with E-state index in [0.29, 0.717) is 18.0 Å². The molecule has 0 saturated carbocycles. The second-order valence-corrected chi connectivity index (χ2v) is 7.17. The topological polar surface area (TPSA) is 46.9 Å². The van der Waals surface area contributed by atoms with Crippen molar-refractivity contribution in [1.29, 1.82) is 0 Å². The van der Waals surface area contributed by atoms with Crippen molar-refractivity contribution in [2.45, 2.75) is 17.4 Å². The normalized spacial score (nSPS) is 12.0. The third kappa shape index (κ3) is 5.17. The number of halogens is 2. The lowest BCUT2D eigenvalue weighted by atomic mass is 10.1. The number of hydrogen-bond donors (Lipinski definition) is 1. The molecule has 0 aliphatic carbocycles. The number of thioether (sulfide) groups is 1. The Morgan fingerprint density at radius 1 is 1.11 bits per heavy atom. The number of carbonyl (C=O) groups is 1. The standard InChI is InChI=1S/C20H19F2N3OS/c1-25-12-11-23-20(25)19(14-2-4-15(21)5-3-14)24-18(26)10-13-27-17-8-6-16(22)7-9-17/h2-9,11-12,19H,10,13H2,1H3,(H,24,26). The molecule has 1 atom stereocenters. The summed E-state index contributed by atoms with van der Waals surface area (Å²) in [5.74, 6) is 0.477. The van der Waals surface area contributed by atoms with Crippen molar-refractivity contribution in [2.24, 2.45) is 7.05 Å². The molecule has 0 aliphatic heterocycles. The number of benzene rings is 2. The molecule has 2 aromatic carbocycles. The summed E-state index contributed by atoms with van der Waals surface area (Å²) in [5, 5.41) is 2.97. The number of aryl methyl sites for hydroxylation is 1. The largest absolute Gasteiger partial charge is 0.342 e. The van der Waals surface area contributed by atoms with Gasteiger partial charge in [-0.25, -0.2) is 13.8 Å². The summed E-state index contributed by atoms with van der Waals surface area (Å²) in [5.41, 5.74) is 0.755. The molecule has 0 saturated heterocycles. The van der Waals surface area contributed by atoms with Crippen LogP contribution in [0.15, 0.2) is 65.8 Å². The monoisotopic (exact) mass is 387 g/mol. The van der Waals surface area contributed by atoms with Crippen molar-refractivity contribution in [1.82, 2.24) is 14.9 Å². The average Bonchev–Trinajstić information content (AvgIpc) is 3.08. The predicted octanol–water partition coefficient (Wildman–Crippen LogP) is 4.09. The fourth-order valence-electron chi connectivity index (χ4n) is 2.63. The van der Waals surface area contributed by atoms with Gasteiger partial charge in [0.15, 0.2) is 0 Å². The Hall–Kier alpha value is -2.67. The third-order valence-electron chi connectivity index (χ3n) is 4.04. The maximum atomic E-state index is 13.3. The van der Waals surface area contributed by atoms with Crippen LogP contribution in [0.3, 0.4) is 0 Å². The SMILES string of the molecule is Cn1ccnc1C(NC(=O)CCSc1ccc(F)cc1)c1ccc(F)cc1. The van der Waals surface area contributed by atoms with Gasteiger partial charge in [-0.1, -0.05) is 12.1 Å². The van der Waals surface area contributed by atoms with Crippen LogP contribution in [0, 0.1) is 11.6 Å². The van der Waals surface area contributed by atoms with Crippen LogP contribution in [0.1, 0.15) is 23.9 Å². The minimum Gasteiger partial charge on any atom is -0.342 e. The second-order valence-electron chi connectivity index (χ2n) is 6.00. The lowest BCUT2D eigenvalue weighted by Crippen LogP contribution is -2.31. The average molecular weight is 387 g/mol. The Morgan fingerprint density at radius 3 is 2.33 bits per heavy atom. The fraction of sp³-hybridized carbons (Fsp3) is 0.200. The molecular weight excluding hydrogens is 368 g/mol. The fourth-order valence-corrected chi connectivity index (χ4v) is 3.48. The summed E-state index contributed by atoms with van der Waals surface area (Å²) in [4.78, 5) is 17.7. The van der Waals surface area contributed by atoms with Crippen LogP contribution in [0.25, 0.3) is 0 Å². The molecule has 0 bridgehead atoms. The minimum absolute atomic E-state index is 0.137. The summed E-state index contributed by atoms with van der Waals surface area (Å²) in [6, 6.07) is 11.7. The van der Waals surface area contributed by atoms with Crippen LogP contribution in [0.5, 0.6) is 0 Å². The number of aromatic nitrogens is 2. The first-order chi connectivity index (χ1) is 13.0. The molecule has 7 heteroatoms. The van der Waals surface area contributed by atoms with Gasteiger partial charge in [-0.15, -0.1) is 11.8 Å². The predicted molar refractivity (Wildman–Crippen MR) is 101 cm³/mol. The van der Waals surface area contributed by atoms with Gasteiger partial charge in [-0.3, -0.25) is 4.79 Å². The number of hydrogen-bond acceptors (Lipinski definition) is 3. The molecule has 0 radical (unpaired) electrons. The molecule has 1 amide bonds. The highest BCUT2D eigenvalue weighted by Gasteiger charge is 2.20. The van der Waals surface area contributed by atoms with Gasteiger partial charge in [0, 0.05) is 36.5 Å². The van der Waals surface area contributed by atoms with Gasteiger partial charge in [0.2, 0.25) is 5.91 Å². The zero-order chi connectivity index (χ0) is 19.2. The first kappa shape index (κ1) is 19.1. The number of amides is 1. The molecule has 1 aromatic heterocycles. The first-order valence-electron chi connectivity index (χ1n) is 8.43. The van der Waals surface area contributed by atoms with E-state index in [4.69, 9.17) is 0 Å². The number of imidazole rings is 1. The summed E-state index contributed by atoms with van der Waals surface area (Å²) < 4.78 is 28.0. The molecule has 4 nitrogen and oxygen atoms in total. The van der Waals surface area contributed by atoms with Crippen LogP contribution < -0.4 is 5.32 Å². The van der Waals surface area contributed by atoms with E-state index in [0.717, 1.165) is 10.5 Å². The van der Waals surface area contributed by atoms with E-state index < -0.39 is 6.04 Å². The molecule has 3 rings (SSSR count). The van der Waals surface area contributed by atoms with Gasteiger partial charge in [0.25, 0.3) is 0 Å². The van der Waals surface area contributed by atoms with Gasteiger partial charge in [-0.2, -0.15) is 0 Å². The highest BCUT2D eigenvalue weighted by atomic mass is 32.2. The Bertz CT molecular complexity index is 894. The summed E-state index contributed by atoms with van der Waals surface area (Å²) >= 11 is 1.49. The van der Waals surface area contributed by atoms with Crippen LogP contribution in [0.4, 0.5) is 8.78 Å². The Morgan fingerprint density at radius 2 is 1.74 bits per heavy atom. The Kier molecular flexibility index (Phi) is 6.24. The quantitative estimate of drug-likeness (QED) is 0.621. The molecule has 27 heavy (non-hydrogen) atoms. The zero-order valence-corrected chi connectivity index (χ0v) is 15.5. The van der Waals surface area contributed by atoms with E-state index in [1.807, 2.05) is 11.6 Å². The first-order valence-corrected chi connectivity index (χ1v) is 9.42. The molecule has 1 unspecified atom stereocenters.